The van der Waals surface area contributed by atoms with Gasteiger partial charge in [-0.1, -0.05) is 18.2 Å². The summed E-state index contributed by atoms with van der Waals surface area (Å²) in [7, 11) is 0. The molecule has 0 N–H and O–H groups in total. The lowest BCUT2D eigenvalue weighted by Crippen LogP contribution is -2.28. The normalized spacial score (nSPS) is 17.3. The Kier molecular flexibility index (Phi) is 4.34. The van der Waals surface area contributed by atoms with E-state index in [4.69, 9.17) is 9.73 Å². The first-order chi connectivity index (χ1) is 12.5. The number of hydrogen-bond donors (Lipinski definition) is 0. The molecule has 2 aliphatic heterocycles. The maximum Gasteiger partial charge on any atom is 0.416 e. The Hall–Kier alpha value is -2.50. The number of fused-ring (bicyclic) bond motifs is 1. The van der Waals surface area contributed by atoms with Crippen LogP contribution in [0.2, 0.25) is 0 Å². The van der Waals surface area contributed by atoms with Crippen molar-refractivity contribution in [3.8, 4) is 16.9 Å². The van der Waals surface area contributed by atoms with Crippen molar-refractivity contribution in [2.75, 3.05) is 26.2 Å². The summed E-state index contributed by atoms with van der Waals surface area (Å²) in [5.41, 5.74) is 1.88. The largest absolute Gasteiger partial charge is 0.491 e. The lowest BCUT2D eigenvalue weighted by atomic mass is 10.00. The molecular formula is C20H19F3N2O. The third kappa shape index (κ3) is 3.28. The van der Waals surface area contributed by atoms with Crippen molar-refractivity contribution >= 4 is 5.84 Å². The quantitative estimate of drug-likeness (QED) is 0.742. The second-order valence-electron chi connectivity index (χ2n) is 6.53. The fourth-order valence-corrected chi connectivity index (χ4v) is 3.45. The van der Waals surface area contributed by atoms with Gasteiger partial charge in [0, 0.05) is 13.1 Å². The number of ether oxygens (including phenoxy) is 1. The highest BCUT2D eigenvalue weighted by molar-refractivity contribution is 6.02. The van der Waals surface area contributed by atoms with Gasteiger partial charge >= 0.3 is 6.18 Å². The molecule has 0 spiro atoms. The van der Waals surface area contributed by atoms with Crippen molar-refractivity contribution in [2.24, 2.45) is 4.99 Å². The Labute approximate surface area is 150 Å². The summed E-state index contributed by atoms with van der Waals surface area (Å²) < 4.78 is 44.1. The molecule has 2 aliphatic rings. The van der Waals surface area contributed by atoms with Crippen LogP contribution in [0.25, 0.3) is 11.1 Å². The summed E-state index contributed by atoms with van der Waals surface area (Å²) >= 11 is 0. The summed E-state index contributed by atoms with van der Waals surface area (Å²) in [6.07, 6.45) is -2.03. The van der Waals surface area contributed by atoms with E-state index in [-0.39, 0.29) is 0 Å². The van der Waals surface area contributed by atoms with Gasteiger partial charge in [0.2, 0.25) is 0 Å². The maximum absolute atomic E-state index is 12.8. The molecule has 0 unspecified atom stereocenters. The van der Waals surface area contributed by atoms with E-state index in [0.717, 1.165) is 66.3 Å². The Morgan fingerprint density at radius 3 is 2.31 bits per heavy atom. The van der Waals surface area contributed by atoms with Gasteiger partial charge in [-0.3, -0.25) is 4.99 Å². The van der Waals surface area contributed by atoms with E-state index < -0.39 is 11.7 Å². The predicted octanol–water partition coefficient (Wildman–Crippen LogP) is 4.61. The number of amidine groups is 1. The Morgan fingerprint density at radius 2 is 1.62 bits per heavy atom. The fourth-order valence-electron chi connectivity index (χ4n) is 3.45. The lowest BCUT2D eigenvalue weighted by Gasteiger charge is -2.21. The summed E-state index contributed by atoms with van der Waals surface area (Å²) in [4.78, 5) is 6.96. The van der Waals surface area contributed by atoms with Crippen molar-refractivity contribution in [2.45, 2.75) is 19.0 Å². The van der Waals surface area contributed by atoms with Gasteiger partial charge in [-0.15, -0.1) is 0 Å². The molecule has 0 saturated carbocycles. The Morgan fingerprint density at radius 1 is 0.923 bits per heavy atom. The molecule has 1 saturated heterocycles. The van der Waals surface area contributed by atoms with E-state index in [1.54, 1.807) is 0 Å². The summed E-state index contributed by atoms with van der Waals surface area (Å²) in [6.45, 7) is 3.09. The molecule has 0 amide bonds. The molecule has 0 aliphatic carbocycles. The van der Waals surface area contributed by atoms with E-state index in [9.17, 15) is 13.2 Å². The predicted molar refractivity (Wildman–Crippen MR) is 94.6 cm³/mol. The van der Waals surface area contributed by atoms with E-state index in [1.165, 1.54) is 12.1 Å². The molecule has 1 fully saturated rings. The van der Waals surface area contributed by atoms with Gasteiger partial charge in [0.15, 0.2) is 0 Å². The third-order valence-corrected chi connectivity index (χ3v) is 4.78. The zero-order valence-corrected chi connectivity index (χ0v) is 14.2. The molecule has 0 aromatic heterocycles. The van der Waals surface area contributed by atoms with Crippen molar-refractivity contribution in [1.82, 2.24) is 4.90 Å². The number of rotatable bonds is 1. The molecule has 6 heteroatoms. The molecule has 26 heavy (non-hydrogen) atoms. The number of halogens is 3. The Bertz CT molecular complexity index is 822. The van der Waals surface area contributed by atoms with Gasteiger partial charge < -0.3 is 9.64 Å². The van der Waals surface area contributed by atoms with Crippen LogP contribution in [-0.2, 0) is 6.18 Å². The van der Waals surface area contributed by atoms with E-state index in [2.05, 4.69) is 4.90 Å². The van der Waals surface area contributed by atoms with Crippen molar-refractivity contribution in [3.05, 3.63) is 53.6 Å². The highest BCUT2D eigenvalue weighted by Gasteiger charge is 2.30. The zero-order chi connectivity index (χ0) is 18.1. The SMILES string of the molecule is FC(F)(F)c1ccc(-c2ccc3c(c2)C(N2CCCC2)=NCCO3)cc1. The maximum atomic E-state index is 12.8. The van der Waals surface area contributed by atoms with Gasteiger partial charge in [-0.2, -0.15) is 13.2 Å². The van der Waals surface area contributed by atoms with Crippen LogP contribution >= 0.6 is 0 Å². The molecule has 0 bridgehead atoms. The number of alkyl halides is 3. The molecule has 3 nitrogen and oxygen atoms in total. The van der Waals surface area contributed by atoms with Crippen LogP contribution < -0.4 is 4.74 Å². The van der Waals surface area contributed by atoms with E-state index in [0.29, 0.717) is 13.2 Å². The van der Waals surface area contributed by atoms with Crippen molar-refractivity contribution < 1.29 is 17.9 Å². The van der Waals surface area contributed by atoms with Crippen LogP contribution in [0, 0.1) is 0 Å². The topological polar surface area (TPSA) is 24.8 Å². The molecule has 4 rings (SSSR count). The average molecular weight is 360 g/mol. The molecule has 0 radical (unpaired) electrons. The smallest absolute Gasteiger partial charge is 0.416 e. The van der Waals surface area contributed by atoms with Crippen molar-refractivity contribution in [1.29, 1.82) is 0 Å². The van der Waals surface area contributed by atoms with Crippen LogP contribution in [0.15, 0.2) is 47.5 Å². The van der Waals surface area contributed by atoms with Gasteiger partial charge in [0.05, 0.1) is 17.7 Å². The molecule has 2 aromatic rings. The number of benzene rings is 2. The van der Waals surface area contributed by atoms with E-state index in [1.807, 2.05) is 18.2 Å². The number of aliphatic imine (C=N–C) groups is 1. The van der Waals surface area contributed by atoms with Crippen molar-refractivity contribution in [3.63, 3.8) is 0 Å². The fraction of sp³-hybridized carbons (Fsp3) is 0.350. The number of hydrogen-bond acceptors (Lipinski definition) is 3. The van der Waals surface area contributed by atoms with Gasteiger partial charge in [-0.25, -0.2) is 0 Å². The monoisotopic (exact) mass is 360 g/mol. The third-order valence-electron chi connectivity index (χ3n) is 4.78. The summed E-state index contributed by atoms with van der Waals surface area (Å²) in [5, 5.41) is 0. The van der Waals surface area contributed by atoms with Crippen LogP contribution in [0.4, 0.5) is 13.2 Å². The van der Waals surface area contributed by atoms with Crippen LogP contribution in [-0.4, -0.2) is 37.0 Å². The molecule has 2 aromatic carbocycles. The Balaban J connectivity index is 1.71. The number of nitrogens with zero attached hydrogens (tertiary/aromatic N) is 2. The van der Waals surface area contributed by atoms with Gasteiger partial charge in [0.1, 0.15) is 18.2 Å². The van der Waals surface area contributed by atoms with Gasteiger partial charge in [0.25, 0.3) is 0 Å². The molecule has 0 atom stereocenters. The zero-order valence-electron chi connectivity index (χ0n) is 14.2. The molecular weight excluding hydrogens is 341 g/mol. The first-order valence-electron chi connectivity index (χ1n) is 8.77. The molecule has 2 heterocycles. The summed E-state index contributed by atoms with van der Waals surface area (Å²) in [5.74, 6) is 1.72. The summed E-state index contributed by atoms with van der Waals surface area (Å²) in [6, 6.07) is 11.0. The standard InChI is InChI=1S/C20H19F3N2O/c21-20(22,23)16-6-3-14(4-7-16)15-5-8-18-17(13-15)19(24-9-12-26-18)25-10-1-2-11-25/h3-8,13H,1-2,9-12H2. The minimum absolute atomic E-state index is 0.532. The average Bonchev–Trinajstić information content (AvgIpc) is 3.08. The highest BCUT2D eigenvalue weighted by atomic mass is 19.4. The van der Waals surface area contributed by atoms with Crippen LogP contribution in [0.5, 0.6) is 5.75 Å². The molecule has 136 valence electrons. The minimum atomic E-state index is -4.32. The van der Waals surface area contributed by atoms with Crippen LogP contribution in [0.1, 0.15) is 24.0 Å². The van der Waals surface area contributed by atoms with Gasteiger partial charge in [-0.05, 0) is 48.2 Å². The second kappa shape index (κ2) is 6.67. The van der Waals surface area contributed by atoms with E-state index >= 15 is 0 Å². The second-order valence-corrected chi connectivity index (χ2v) is 6.53. The number of likely N-dealkylation sites (tertiary alicyclic amines) is 1. The highest BCUT2D eigenvalue weighted by Crippen LogP contribution is 2.33. The first kappa shape index (κ1) is 16.9. The first-order valence-corrected chi connectivity index (χ1v) is 8.77. The lowest BCUT2D eigenvalue weighted by molar-refractivity contribution is -0.137. The van der Waals surface area contributed by atoms with Crippen LogP contribution in [0.3, 0.4) is 0 Å². The minimum Gasteiger partial charge on any atom is -0.491 e.